The quantitative estimate of drug-likeness (QED) is 0.603. The Kier molecular flexibility index (Phi) is 2.79. The lowest BCUT2D eigenvalue weighted by Gasteiger charge is -2.29. The van der Waals surface area contributed by atoms with Crippen LogP contribution >= 0.6 is 0 Å². The number of aliphatic imine (C=N–C) groups is 1. The highest BCUT2D eigenvalue weighted by molar-refractivity contribution is 5.72. The van der Waals surface area contributed by atoms with E-state index in [4.69, 9.17) is 4.74 Å². The molecule has 1 unspecified atom stereocenters. The Morgan fingerprint density at radius 1 is 1.73 bits per heavy atom. The molecule has 1 aliphatic heterocycles. The summed E-state index contributed by atoms with van der Waals surface area (Å²) in [4.78, 5) is 4.12. The lowest BCUT2D eigenvalue weighted by molar-refractivity contribution is 0.0117. The van der Waals surface area contributed by atoms with E-state index in [9.17, 15) is 0 Å². The van der Waals surface area contributed by atoms with Crippen LogP contribution in [0.15, 0.2) is 17.1 Å². The Balaban J connectivity index is 2.60. The molecule has 1 atom stereocenters. The predicted molar refractivity (Wildman–Crippen MR) is 45.9 cm³/mol. The Labute approximate surface area is 67.2 Å². The van der Waals surface area contributed by atoms with E-state index in [1.165, 1.54) is 0 Å². The SMILES string of the molecule is CCNC1(OC)C=CC=NC1. The topological polar surface area (TPSA) is 33.6 Å². The molecule has 0 aromatic heterocycles. The molecule has 1 aliphatic rings. The maximum absolute atomic E-state index is 5.31. The second-order valence-electron chi connectivity index (χ2n) is 2.47. The summed E-state index contributed by atoms with van der Waals surface area (Å²) in [6.45, 7) is 3.59. The van der Waals surface area contributed by atoms with E-state index >= 15 is 0 Å². The van der Waals surface area contributed by atoms with Gasteiger partial charge in [-0.15, -0.1) is 0 Å². The van der Waals surface area contributed by atoms with E-state index < -0.39 is 0 Å². The maximum Gasteiger partial charge on any atom is 0.157 e. The lowest BCUT2D eigenvalue weighted by Crippen LogP contribution is -2.48. The zero-order valence-corrected chi connectivity index (χ0v) is 7.00. The van der Waals surface area contributed by atoms with Gasteiger partial charge in [0.05, 0.1) is 6.54 Å². The molecule has 11 heavy (non-hydrogen) atoms. The number of dihydropyridines is 1. The lowest BCUT2D eigenvalue weighted by atomic mass is 10.1. The second kappa shape index (κ2) is 3.64. The van der Waals surface area contributed by atoms with Crippen LogP contribution < -0.4 is 5.32 Å². The standard InChI is InChI=1S/C8H14N2O/c1-3-10-8(11-2)5-4-6-9-7-8/h4-6,10H,3,7H2,1-2H3. The van der Waals surface area contributed by atoms with Gasteiger partial charge in [-0.25, -0.2) is 0 Å². The molecular formula is C8H14N2O. The minimum absolute atomic E-state index is 0.358. The van der Waals surface area contributed by atoms with Gasteiger partial charge in [0.25, 0.3) is 0 Å². The van der Waals surface area contributed by atoms with Gasteiger partial charge < -0.3 is 4.74 Å². The molecule has 0 amide bonds. The first-order valence-corrected chi connectivity index (χ1v) is 3.81. The zero-order chi connectivity index (χ0) is 8.16. The number of nitrogens with zero attached hydrogens (tertiary/aromatic N) is 1. The summed E-state index contributed by atoms with van der Waals surface area (Å²) in [6, 6.07) is 0. The third kappa shape index (κ3) is 1.88. The Hall–Kier alpha value is -0.670. The summed E-state index contributed by atoms with van der Waals surface area (Å²) in [5.41, 5.74) is -0.358. The monoisotopic (exact) mass is 154 g/mol. The molecule has 0 aromatic rings. The highest BCUT2D eigenvalue weighted by Crippen LogP contribution is 2.10. The molecule has 0 bridgehead atoms. The summed E-state index contributed by atoms with van der Waals surface area (Å²) in [7, 11) is 1.69. The van der Waals surface area contributed by atoms with Gasteiger partial charge in [0, 0.05) is 13.3 Å². The molecule has 0 saturated heterocycles. The molecule has 1 N–H and O–H groups in total. The summed E-state index contributed by atoms with van der Waals surface area (Å²) in [5, 5.41) is 3.22. The molecule has 0 radical (unpaired) electrons. The van der Waals surface area contributed by atoms with Gasteiger partial charge in [0.1, 0.15) is 0 Å². The number of hydrogen-bond donors (Lipinski definition) is 1. The number of nitrogens with one attached hydrogen (secondary N) is 1. The Morgan fingerprint density at radius 2 is 2.55 bits per heavy atom. The number of allylic oxidation sites excluding steroid dienone is 1. The van der Waals surface area contributed by atoms with Crippen LogP contribution in [-0.4, -0.2) is 32.1 Å². The molecular weight excluding hydrogens is 140 g/mol. The molecule has 0 fully saturated rings. The highest BCUT2D eigenvalue weighted by atomic mass is 16.5. The third-order valence-electron chi connectivity index (χ3n) is 1.72. The molecule has 3 heteroatoms. The van der Waals surface area contributed by atoms with Crippen LogP contribution in [0.3, 0.4) is 0 Å². The van der Waals surface area contributed by atoms with Crippen LogP contribution in [0.25, 0.3) is 0 Å². The van der Waals surface area contributed by atoms with Crippen molar-refractivity contribution in [2.24, 2.45) is 4.99 Å². The van der Waals surface area contributed by atoms with Crippen molar-refractivity contribution in [1.82, 2.24) is 5.32 Å². The number of methoxy groups -OCH3 is 1. The highest BCUT2D eigenvalue weighted by Gasteiger charge is 2.25. The third-order valence-corrected chi connectivity index (χ3v) is 1.72. The molecule has 62 valence electrons. The minimum Gasteiger partial charge on any atom is -0.358 e. The summed E-state index contributed by atoms with van der Waals surface area (Å²) >= 11 is 0. The van der Waals surface area contributed by atoms with E-state index in [1.807, 2.05) is 19.1 Å². The fourth-order valence-electron chi connectivity index (χ4n) is 1.12. The average molecular weight is 154 g/mol. The van der Waals surface area contributed by atoms with Gasteiger partial charge in [-0.1, -0.05) is 6.92 Å². The van der Waals surface area contributed by atoms with Crippen molar-refractivity contribution in [3.63, 3.8) is 0 Å². The van der Waals surface area contributed by atoms with Crippen molar-refractivity contribution < 1.29 is 4.74 Å². The predicted octanol–water partition coefficient (Wildman–Crippen LogP) is 0.579. The van der Waals surface area contributed by atoms with Crippen LogP contribution in [0.2, 0.25) is 0 Å². The maximum atomic E-state index is 5.31. The molecule has 0 aromatic carbocycles. The fraction of sp³-hybridized carbons (Fsp3) is 0.625. The van der Waals surface area contributed by atoms with Gasteiger partial charge >= 0.3 is 0 Å². The summed E-state index contributed by atoms with van der Waals surface area (Å²) in [5.74, 6) is 0. The molecule has 0 spiro atoms. The van der Waals surface area contributed by atoms with Gasteiger partial charge in [0.15, 0.2) is 5.72 Å². The summed E-state index contributed by atoms with van der Waals surface area (Å²) < 4.78 is 5.31. The zero-order valence-electron chi connectivity index (χ0n) is 7.00. The smallest absolute Gasteiger partial charge is 0.157 e. The normalized spacial score (nSPS) is 29.3. The first-order valence-electron chi connectivity index (χ1n) is 3.81. The largest absolute Gasteiger partial charge is 0.358 e. The molecule has 1 heterocycles. The van der Waals surface area contributed by atoms with Crippen molar-refractivity contribution in [2.75, 3.05) is 20.2 Å². The van der Waals surface area contributed by atoms with Crippen LogP contribution in [0, 0.1) is 0 Å². The molecule has 0 saturated carbocycles. The van der Waals surface area contributed by atoms with Gasteiger partial charge in [-0.05, 0) is 18.7 Å². The van der Waals surface area contributed by atoms with E-state index in [0.29, 0.717) is 6.54 Å². The van der Waals surface area contributed by atoms with Gasteiger partial charge in [-0.2, -0.15) is 0 Å². The van der Waals surface area contributed by atoms with Crippen molar-refractivity contribution in [1.29, 1.82) is 0 Å². The van der Waals surface area contributed by atoms with Crippen LogP contribution in [-0.2, 0) is 4.74 Å². The molecule has 0 aliphatic carbocycles. The first-order chi connectivity index (χ1) is 5.33. The number of hydrogen-bond acceptors (Lipinski definition) is 3. The first kappa shape index (κ1) is 8.43. The minimum atomic E-state index is -0.358. The summed E-state index contributed by atoms with van der Waals surface area (Å²) in [6.07, 6.45) is 5.67. The van der Waals surface area contributed by atoms with E-state index in [2.05, 4.69) is 10.3 Å². The number of rotatable bonds is 3. The van der Waals surface area contributed by atoms with Gasteiger partial charge in [0.2, 0.25) is 0 Å². The number of likely N-dealkylation sites (N-methyl/N-ethyl adjacent to an activating group) is 1. The molecule has 1 rings (SSSR count). The van der Waals surface area contributed by atoms with Crippen LogP contribution in [0.1, 0.15) is 6.92 Å². The van der Waals surface area contributed by atoms with Crippen molar-refractivity contribution in [3.8, 4) is 0 Å². The van der Waals surface area contributed by atoms with E-state index in [0.717, 1.165) is 6.54 Å². The van der Waals surface area contributed by atoms with Crippen molar-refractivity contribution in [2.45, 2.75) is 12.6 Å². The Bertz CT molecular complexity index is 177. The van der Waals surface area contributed by atoms with Crippen LogP contribution in [0.4, 0.5) is 0 Å². The fourth-order valence-corrected chi connectivity index (χ4v) is 1.12. The van der Waals surface area contributed by atoms with Crippen LogP contribution in [0.5, 0.6) is 0 Å². The second-order valence-corrected chi connectivity index (χ2v) is 2.47. The average Bonchev–Trinajstić information content (AvgIpc) is 2.07. The van der Waals surface area contributed by atoms with E-state index in [-0.39, 0.29) is 5.72 Å². The molecule has 3 nitrogen and oxygen atoms in total. The Morgan fingerprint density at radius 3 is 3.00 bits per heavy atom. The van der Waals surface area contributed by atoms with E-state index in [1.54, 1.807) is 13.3 Å². The van der Waals surface area contributed by atoms with Crippen molar-refractivity contribution >= 4 is 6.21 Å². The van der Waals surface area contributed by atoms with Crippen molar-refractivity contribution in [3.05, 3.63) is 12.2 Å². The number of ether oxygens (including phenoxy) is 1. The van der Waals surface area contributed by atoms with Gasteiger partial charge in [-0.3, -0.25) is 10.3 Å².